The van der Waals surface area contributed by atoms with Crippen molar-refractivity contribution >= 4 is 109 Å². The number of para-hydroxylation sites is 5. The van der Waals surface area contributed by atoms with Crippen LogP contribution in [0.1, 0.15) is 151 Å². The summed E-state index contributed by atoms with van der Waals surface area (Å²) < 4.78 is 24.4. The predicted octanol–water partition coefficient (Wildman–Crippen LogP) is 23.2. The fourth-order valence-electron chi connectivity index (χ4n) is 16.2. The summed E-state index contributed by atoms with van der Waals surface area (Å²) in [5.74, 6) is 5.61. The maximum atomic E-state index is 7.18. The molecule has 2 unspecified atom stereocenters. The first-order chi connectivity index (χ1) is 46.7. The molecule has 0 spiro atoms. The molecule has 96 heavy (non-hydrogen) atoms. The maximum Gasteiger partial charge on any atom is 0.251 e. The van der Waals surface area contributed by atoms with E-state index in [2.05, 4.69) is 320 Å². The molecule has 6 heterocycles. The lowest BCUT2D eigenvalue weighted by molar-refractivity contribution is 0.453. The van der Waals surface area contributed by atoms with Gasteiger partial charge in [-0.1, -0.05) is 221 Å². The molecule has 15 aromatic rings. The topological polar surface area (TPSA) is 33.2 Å². The number of rotatable bonds is 13. The van der Waals surface area contributed by atoms with E-state index in [0.717, 1.165) is 46.5 Å². The number of fused-ring (bicyclic) bond motifs is 14. The SMILES string of the molecule is CC(C)c1cc(C(C)C)c([SH]2c3ccccc3Oc3cc(-n4c5ccc(CC(C)c6cc(C(C)C)c(B7c8ccccc8Oc8cc(-n9c%10ccccc%10c%10sc%11ccccc%11c%109)ccc87)c(C(C)C)c6)cc5c5c4c4ccccc4n5-c4ccccc4)ccc32)c(C(C)C)c1. The Labute approximate surface area is 571 Å². The monoisotopic (exact) mass is 1290 g/mol. The van der Waals surface area contributed by atoms with Crippen LogP contribution in [0.25, 0.3) is 81.1 Å². The number of hydrogen-bond acceptors (Lipinski definition) is 3. The van der Waals surface area contributed by atoms with E-state index < -0.39 is 10.9 Å². The smallest absolute Gasteiger partial charge is 0.251 e. The van der Waals surface area contributed by atoms with Gasteiger partial charge < -0.3 is 23.2 Å². The summed E-state index contributed by atoms with van der Waals surface area (Å²) in [7, 11) is -0.964. The number of thiophene rings is 1. The van der Waals surface area contributed by atoms with Gasteiger partial charge in [-0.15, -0.1) is 11.3 Å². The summed E-state index contributed by atoms with van der Waals surface area (Å²) >= 11 is 1.88. The Kier molecular flexibility index (Phi) is 14.7. The molecule has 17 rings (SSSR count). The molecule has 0 N–H and O–H groups in total. The fraction of sp³-hybridized carbons (Fsp3) is 0.205. The highest BCUT2D eigenvalue weighted by Crippen LogP contribution is 2.65. The number of thiol groups is 1. The van der Waals surface area contributed by atoms with E-state index >= 15 is 0 Å². The average Bonchev–Trinajstić information content (AvgIpc) is 1.53. The fourth-order valence-corrected chi connectivity index (χ4v) is 20.4. The summed E-state index contributed by atoms with van der Waals surface area (Å²) in [6.07, 6.45) is 0.875. The predicted molar refractivity (Wildman–Crippen MR) is 411 cm³/mol. The van der Waals surface area contributed by atoms with Crippen LogP contribution in [0.15, 0.2) is 245 Å². The zero-order valence-electron chi connectivity index (χ0n) is 56.7. The van der Waals surface area contributed by atoms with Crippen LogP contribution in [0.3, 0.4) is 0 Å². The maximum absolute atomic E-state index is 7.18. The first kappa shape index (κ1) is 60.2. The van der Waals surface area contributed by atoms with Gasteiger partial charge in [0.15, 0.2) is 0 Å². The zero-order valence-corrected chi connectivity index (χ0v) is 58.4. The number of nitrogens with zero attached hydrogens (tertiary/aromatic N) is 3. The Morgan fingerprint density at radius 2 is 0.896 bits per heavy atom. The van der Waals surface area contributed by atoms with Gasteiger partial charge in [-0.25, -0.2) is 0 Å². The van der Waals surface area contributed by atoms with Crippen LogP contribution in [0.5, 0.6) is 23.0 Å². The molecule has 5 nitrogen and oxygen atoms in total. The van der Waals surface area contributed by atoms with Gasteiger partial charge in [0.25, 0.3) is 6.71 Å². The van der Waals surface area contributed by atoms with Crippen LogP contribution in [0.2, 0.25) is 0 Å². The minimum absolute atomic E-state index is 0.0240. The van der Waals surface area contributed by atoms with Gasteiger partial charge in [-0.05, 0) is 171 Å². The van der Waals surface area contributed by atoms with Gasteiger partial charge in [0, 0.05) is 64.4 Å². The van der Waals surface area contributed by atoms with Gasteiger partial charge in [0.05, 0.1) is 43.5 Å². The van der Waals surface area contributed by atoms with Crippen LogP contribution >= 0.6 is 22.2 Å². The molecule has 11 aromatic carbocycles. The Bertz CT molecular complexity index is 5560. The van der Waals surface area contributed by atoms with E-state index in [0.29, 0.717) is 17.8 Å². The first-order valence-electron chi connectivity index (χ1n) is 34.7. The van der Waals surface area contributed by atoms with E-state index in [9.17, 15) is 0 Å². The Hall–Kier alpha value is -9.47. The molecule has 0 saturated carbocycles. The Morgan fingerprint density at radius 3 is 1.60 bits per heavy atom. The van der Waals surface area contributed by atoms with E-state index in [-0.39, 0.29) is 24.5 Å². The summed E-state index contributed by atoms with van der Waals surface area (Å²) in [4.78, 5) is 4.04. The molecular formula is C88H80BN3O2S2. The zero-order chi connectivity index (χ0) is 65.5. The highest BCUT2D eigenvalue weighted by Gasteiger charge is 2.38. The van der Waals surface area contributed by atoms with E-state index in [1.807, 2.05) is 11.3 Å². The lowest BCUT2D eigenvalue weighted by Crippen LogP contribution is -2.57. The molecule has 0 amide bonds. The van der Waals surface area contributed by atoms with Crippen molar-refractivity contribution in [3.63, 3.8) is 0 Å². The van der Waals surface area contributed by atoms with Crippen molar-refractivity contribution in [3.8, 4) is 40.1 Å². The van der Waals surface area contributed by atoms with Crippen molar-refractivity contribution in [2.24, 2.45) is 0 Å². The molecular weight excluding hydrogens is 1210 g/mol. The van der Waals surface area contributed by atoms with Crippen molar-refractivity contribution in [3.05, 3.63) is 269 Å². The number of aromatic nitrogens is 3. The van der Waals surface area contributed by atoms with Crippen LogP contribution in [0, 0.1) is 0 Å². The van der Waals surface area contributed by atoms with E-state index in [1.165, 1.54) is 134 Å². The molecule has 0 fully saturated rings. The van der Waals surface area contributed by atoms with Crippen molar-refractivity contribution < 1.29 is 9.47 Å². The Morgan fingerprint density at radius 1 is 0.375 bits per heavy atom. The van der Waals surface area contributed by atoms with Crippen LogP contribution < -0.4 is 25.9 Å². The highest BCUT2D eigenvalue weighted by atomic mass is 32.2. The number of ether oxygens (including phenoxy) is 2. The van der Waals surface area contributed by atoms with E-state index in [1.54, 1.807) is 0 Å². The third-order valence-electron chi connectivity index (χ3n) is 20.8. The van der Waals surface area contributed by atoms with E-state index in [4.69, 9.17) is 9.47 Å². The van der Waals surface area contributed by atoms with Gasteiger partial charge >= 0.3 is 0 Å². The van der Waals surface area contributed by atoms with Gasteiger partial charge in [0.2, 0.25) is 0 Å². The minimum Gasteiger partial charge on any atom is -0.458 e. The number of benzene rings is 11. The second-order valence-electron chi connectivity index (χ2n) is 28.6. The van der Waals surface area contributed by atoms with Crippen molar-refractivity contribution in [2.45, 2.75) is 133 Å². The third kappa shape index (κ3) is 9.55. The second kappa shape index (κ2) is 23.4. The molecule has 0 aliphatic carbocycles. The molecule has 0 saturated heterocycles. The number of hydrogen-bond donors (Lipinski definition) is 1. The summed E-state index contributed by atoms with van der Waals surface area (Å²) in [5.41, 5.74) is 24.2. The van der Waals surface area contributed by atoms with Crippen LogP contribution in [-0.2, 0) is 6.42 Å². The van der Waals surface area contributed by atoms with Crippen LogP contribution in [0.4, 0.5) is 0 Å². The summed E-state index contributed by atoms with van der Waals surface area (Å²) in [5, 5.41) is 5.00. The molecule has 2 aliphatic heterocycles. The standard InChI is InChI=1S/C88H80BN3O2S2/c1-51(2)58-45-68(54(7)8)88(69(46-58)55(9)10)96-81-36-24-22-34-77(81)94-79-50-62(39-42-82(79)96)91-75-41-37-57(44-70(75)85-84(91)63-27-15-19-31-73(63)90(85)60-25-13-12-14-26-60)43-56(11)59-47-66(52(3)4)83(67(48-59)53(5)6)89-71-30-18-21-33-76(71)93-78-49-61(38-40-72(78)89)92-74-32-20-16-28-64(74)87-86(92)65-29-17-23-35-80(65)95-87/h12-42,44-56,96H,43H2,1-11H3. The molecule has 8 heteroatoms. The summed E-state index contributed by atoms with van der Waals surface area (Å²) in [6.45, 7) is 26.1. The minimum atomic E-state index is -0.964. The summed E-state index contributed by atoms with van der Waals surface area (Å²) in [6, 6.07) is 86.9. The highest BCUT2D eigenvalue weighted by molar-refractivity contribution is 8.17. The third-order valence-corrected chi connectivity index (χ3v) is 24.7. The van der Waals surface area contributed by atoms with Gasteiger partial charge in [-0.2, -0.15) is 10.9 Å². The lowest BCUT2D eigenvalue weighted by Gasteiger charge is -2.36. The molecule has 474 valence electrons. The molecule has 2 aliphatic rings. The molecule has 0 radical (unpaired) electrons. The Balaban J connectivity index is 0.791. The van der Waals surface area contributed by atoms with Crippen LogP contribution in [-0.4, -0.2) is 20.4 Å². The molecule has 4 aromatic heterocycles. The quantitative estimate of drug-likeness (QED) is 0.0922. The van der Waals surface area contributed by atoms with Crippen molar-refractivity contribution in [2.75, 3.05) is 0 Å². The largest absolute Gasteiger partial charge is 0.458 e. The van der Waals surface area contributed by atoms with Crippen molar-refractivity contribution in [1.29, 1.82) is 0 Å². The van der Waals surface area contributed by atoms with Crippen molar-refractivity contribution in [1.82, 2.24) is 13.7 Å². The average molecular weight is 1290 g/mol. The molecule has 0 bridgehead atoms. The first-order valence-corrected chi connectivity index (χ1v) is 36.8. The molecule has 2 atom stereocenters. The second-order valence-corrected chi connectivity index (χ2v) is 31.7. The lowest BCUT2D eigenvalue weighted by atomic mass is 9.34. The van der Waals surface area contributed by atoms with Gasteiger partial charge in [-0.3, -0.25) is 0 Å². The normalized spacial score (nSPS) is 14.5. The van der Waals surface area contributed by atoms with Gasteiger partial charge in [0.1, 0.15) is 23.0 Å².